The van der Waals surface area contributed by atoms with Gasteiger partial charge in [-0.15, -0.1) is 11.3 Å². The van der Waals surface area contributed by atoms with Gasteiger partial charge in [-0.05, 0) is 55.9 Å². The van der Waals surface area contributed by atoms with Crippen molar-refractivity contribution in [2.75, 3.05) is 0 Å². The molecule has 0 saturated carbocycles. The average molecular weight is 445 g/mol. The van der Waals surface area contributed by atoms with Gasteiger partial charge in [-0.1, -0.05) is 109 Å². The molecular weight excluding hydrogens is 416 g/mol. The van der Waals surface area contributed by atoms with Crippen LogP contribution in [0.5, 0.6) is 0 Å². The average Bonchev–Trinajstić information content (AvgIpc) is 3.37. The zero-order valence-electron chi connectivity index (χ0n) is 25.3. The summed E-state index contributed by atoms with van der Waals surface area (Å²) in [7, 11) is 0. The Labute approximate surface area is 207 Å². The highest BCUT2D eigenvalue weighted by Gasteiger charge is 2.17. The Bertz CT molecular complexity index is 2160. The smallest absolute Gasteiger partial charge is 0.0629 e. The van der Waals surface area contributed by atoms with E-state index in [4.69, 9.17) is 11.0 Å². The van der Waals surface area contributed by atoms with Gasteiger partial charge < -0.3 is 0 Å². The van der Waals surface area contributed by atoms with Crippen molar-refractivity contribution in [1.82, 2.24) is 0 Å². The molecule has 0 aliphatic carbocycles. The molecular formula is C32H20S. The Morgan fingerprint density at radius 2 is 1.00 bits per heavy atom. The lowest BCUT2D eigenvalue weighted by molar-refractivity contribution is 1.66. The summed E-state index contributed by atoms with van der Waals surface area (Å²) in [4.78, 5) is 0. The number of hydrogen-bond acceptors (Lipinski definition) is 1. The van der Waals surface area contributed by atoms with Crippen molar-refractivity contribution in [2.24, 2.45) is 0 Å². The second-order valence-corrected chi connectivity index (χ2v) is 9.01. The topological polar surface area (TPSA) is 0 Å². The first kappa shape index (κ1) is 12.3. The Morgan fingerprint density at radius 3 is 1.67 bits per heavy atom. The molecule has 0 unspecified atom stereocenters. The van der Waals surface area contributed by atoms with Crippen LogP contribution in [-0.2, 0) is 0 Å². The van der Waals surface area contributed by atoms with E-state index in [-0.39, 0.29) is 45.7 Å². The monoisotopic (exact) mass is 444 g/mol. The second-order valence-electron chi connectivity index (χ2n) is 7.93. The van der Waals surface area contributed by atoms with Crippen molar-refractivity contribution in [2.45, 2.75) is 0 Å². The summed E-state index contributed by atoms with van der Waals surface area (Å²) in [6.07, 6.45) is 0. The SMILES string of the molecule is [2H]c1c([2H])c([2H])c2c(-c3ccc4c(c3)sc3ccccc34)c3c([2H])c([2H])c([2H])c([2H])c3c(-c3ccccc3)c2c1[2H]. The minimum absolute atomic E-state index is 0.228. The summed E-state index contributed by atoms with van der Waals surface area (Å²) in [6, 6.07) is 20.3. The van der Waals surface area contributed by atoms with E-state index >= 15 is 0 Å². The van der Waals surface area contributed by atoms with E-state index in [1.807, 2.05) is 42.5 Å². The van der Waals surface area contributed by atoms with Gasteiger partial charge in [-0.25, -0.2) is 0 Å². The van der Waals surface area contributed by atoms with Crippen molar-refractivity contribution in [1.29, 1.82) is 0 Å². The fraction of sp³-hybridized carbons (Fsp3) is 0. The van der Waals surface area contributed by atoms with Gasteiger partial charge in [0.15, 0.2) is 0 Å². The predicted molar refractivity (Wildman–Crippen MR) is 145 cm³/mol. The molecule has 0 radical (unpaired) electrons. The van der Waals surface area contributed by atoms with Crippen LogP contribution in [0.2, 0.25) is 0 Å². The third-order valence-electron chi connectivity index (χ3n) is 6.10. The van der Waals surface area contributed by atoms with Crippen LogP contribution in [0.25, 0.3) is 64.0 Å². The Hall–Kier alpha value is -3.94. The molecule has 0 nitrogen and oxygen atoms in total. The molecule has 0 atom stereocenters. The maximum absolute atomic E-state index is 9.04. The Morgan fingerprint density at radius 1 is 0.455 bits per heavy atom. The zero-order valence-corrected chi connectivity index (χ0v) is 18.2. The number of rotatable bonds is 2. The first-order valence-electron chi connectivity index (χ1n) is 14.6. The van der Waals surface area contributed by atoms with E-state index in [9.17, 15) is 0 Å². The summed E-state index contributed by atoms with van der Waals surface area (Å²) >= 11 is 1.61. The highest BCUT2D eigenvalue weighted by atomic mass is 32.1. The van der Waals surface area contributed by atoms with Crippen LogP contribution in [0.4, 0.5) is 0 Å². The minimum atomic E-state index is -0.397. The van der Waals surface area contributed by atoms with Crippen LogP contribution in [0, 0.1) is 0 Å². The molecule has 33 heavy (non-hydrogen) atoms. The first-order valence-corrected chi connectivity index (χ1v) is 11.5. The van der Waals surface area contributed by atoms with Crippen LogP contribution < -0.4 is 0 Å². The number of benzene rings is 6. The quantitative estimate of drug-likeness (QED) is 0.233. The molecule has 0 fully saturated rings. The van der Waals surface area contributed by atoms with Gasteiger partial charge in [-0.2, -0.15) is 0 Å². The standard InChI is InChI=1S/C32H20S/c1-2-10-21(11-3-1)31-25-13-4-6-15-27(25)32(28-16-7-5-14-26(28)31)22-18-19-24-23-12-8-9-17-29(23)33-30(24)20-22/h1-20H/i4D,5D,6D,7D,13D,14D,15D,16D. The van der Waals surface area contributed by atoms with E-state index in [2.05, 4.69) is 6.07 Å². The lowest BCUT2D eigenvalue weighted by Gasteiger charge is -2.17. The summed E-state index contributed by atoms with van der Waals surface area (Å²) < 4.78 is 72.2. The Balaban J connectivity index is 1.79. The highest BCUT2D eigenvalue weighted by molar-refractivity contribution is 7.25. The van der Waals surface area contributed by atoms with E-state index in [1.54, 1.807) is 35.6 Å². The lowest BCUT2D eigenvalue weighted by atomic mass is 9.86. The fourth-order valence-corrected chi connectivity index (χ4v) is 5.83. The van der Waals surface area contributed by atoms with Gasteiger partial charge in [-0.3, -0.25) is 0 Å². The summed E-state index contributed by atoms with van der Waals surface area (Å²) in [5, 5.41) is 3.07. The molecule has 0 bridgehead atoms. The molecule has 0 spiro atoms. The van der Waals surface area contributed by atoms with Crippen LogP contribution in [0.15, 0.2) is 121 Å². The molecule has 0 saturated heterocycles. The van der Waals surface area contributed by atoms with Crippen molar-refractivity contribution >= 4 is 53.1 Å². The van der Waals surface area contributed by atoms with Gasteiger partial charge in [0, 0.05) is 20.2 Å². The number of hydrogen-bond donors (Lipinski definition) is 0. The van der Waals surface area contributed by atoms with Crippen molar-refractivity contribution in [3.8, 4) is 22.3 Å². The number of thiophene rings is 1. The first-order chi connectivity index (χ1) is 19.7. The van der Waals surface area contributed by atoms with Crippen LogP contribution in [0.1, 0.15) is 11.0 Å². The summed E-state index contributed by atoms with van der Waals surface area (Å²) in [5.74, 6) is 0. The Kier molecular flexibility index (Phi) is 2.73. The van der Waals surface area contributed by atoms with Gasteiger partial charge in [0.05, 0.1) is 11.0 Å². The lowest BCUT2D eigenvalue weighted by Crippen LogP contribution is -1.90. The predicted octanol–water partition coefficient (Wildman–Crippen LogP) is 9.69. The third-order valence-corrected chi connectivity index (χ3v) is 7.24. The zero-order chi connectivity index (χ0) is 28.7. The van der Waals surface area contributed by atoms with Gasteiger partial charge in [0.25, 0.3) is 0 Å². The maximum Gasteiger partial charge on any atom is 0.0629 e. The normalized spacial score (nSPS) is 15.0. The van der Waals surface area contributed by atoms with E-state index < -0.39 is 24.2 Å². The molecule has 154 valence electrons. The van der Waals surface area contributed by atoms with Crippen LogP contribution in [-0.4, -0.2) is 0 Å². The molecule has 6 aromatic carbocycles. The number of fused-ring (bicyclic) bond motifs is 5. The van der Waals surface area contributed by atoms with Crippen LogP contribution in [0.3, 0.4) is 0 Å². The van der Waals surface area contributed by atoms with Gasteiger partial charge in [0.1, 0.15) is 0 Å². The molecule has 0 aliphatic heterocycles. The third kappa shape index (κ3) is 2.83. The van der Waals surface area contributed by atoms with E-state index in [1.165, 1.54) is 0 Å². The van der Waals surface area contributed by atoms with Crippen LogP contribution >= 0.6 is 11.3 Å². The van der Waals surface area contributed by atoms with E-state index in [0.29, 0.717) is 22.3 Å². The fourth-order valence-electron chi connectivity index (χ4n) is 4.69. The molecule has 1 heterocycles. The van der Waals surface area contributed by atoms with Gasteiger partial charge >= 0.3 is 0 Å². The molecule has 1 heteroatoms. The highest BCUT2D eigenvalue weighted by Crippen LogP contribution is 2.45. The summed E-state index contributed by atoms with van der Waals surface area (Å²) in [6.45, 7) is 0. The molecule has 0 aliphatic rings. The molecule has 1 aromatic heterocycles. The minimum Gasteiger partial charge on any atom is -0.135 e. The molecule has 7 aromatic rings. The maximum atomic E-state index is 9.04. The van der Waals surface area contributed by atoms with Crippen molar-refractivity contribution in [3.05, 3.63) is 121 Å². The molecule has 0 N–H and O–H groups in total. The second kappa shape index (κ2) is 7.30. The molecule has 7 rings (SSSR count). The molecule has 0 amide bonds. The largest absolute Gasteiger partial charge is 0.135 e. The van der Waals surface area contributed by atoms with Crippen molar-refractivity contribution in [3.63, 3.8) is 0 Å². The summed E-state index contributed by atoms with van der Waals surface area (Å²) in [5.41, 5.74) is 1.95. The van der Waals surface area contributed by atoms with E-state index in [0.717, 1.165) is 20.2 Å². The van der Waals surface area contributed by atoms with Gasteiger partial charge in [0.2, 0.25) is 0 Å². The van der Waals surface area contributed by atoms with Crippen molar-refractivity contribution < 1.29 is 11.0 Å².